The number of ether oxygens (including phenoxy) is 1. The van der Waals surface area contributed by atoms with Crippen LogP contribution >= 0.6 is 12.2 Å². The van der Waals surface area contributed by atoms with Crippen LogP contribution in [0.5, 0.6) is 0 Å². The average molecular weight is 496 g/mol. The molecule has 7 heteroatoms. The van der Waals surface area contributed by atoms with Gasteiger partial charge in [-0.2, -0.15) is 5.10 Å². The molecule has 0 unspecified atom stereocenters. The molecule has 4 rings (SSSR count). The molecule has 0 amide bonds. The number of benzene rings is 1. The normalized spacial score (nSPS) is 20.6. The van der Waals surface area contributed by atoms with E-state index in [1.807, 2.05) is 6.21 Å². The lowest BCUT2D eigenvalue weighted by molar-refractivity contribution is 0.0548. The fourth-order valence-electron chi connectivity index (χ4n) is 5.38. The molecule has 1 saturated carbocycles. The number of hydrogen-bond donors (Lipinski definition) is 2. The lowest BCUT2D eigenvalue weighted by Gasteiger charge is -2.31. The van der Waals surface area contributed by atoms with E-state index in [0.717, 1.165) is 52.2 Å². The zero-order valence-electron chi connectivity index (χ0n) is 21.4. The lowest BCUT2D eigenvalue weighted by atomic mass is 9.96. The summed E-state index contributed by atoms with van der Waals surface area (Å²) in [4.78, 5) is 4.84. The summed E-state index contributed by atoms with van der Waals surface area (Å²) in [5.41, 5.74) is 9.56. The van der Waals surface area contributed by atoms with Crippen LogP contribution in [0.2, 0.25) is 0 Å². The predicted octanol–water partition coefficient (Wildman–Crippen LogP) is 5.08. The molecule has 1 aromatic carbocycles. The van der Waals surface area contributed by atoms with Gasteiger partial charge < -0.3 is 19.9 Å². The van der Waals surface area contributed by atoms with Crippen LogP contribution in [0.25, 0.3) is 6.08 Å². The highest BCUT2D eigenvalue weighted by Crippen LogP contribution is 2.35. The van der Waals surface area contributed by atoms with Crippen LogP contribution in [-0.4, -0.2) is 61.7 Å². The Morgan fingerprint density at radius 2 is 1.80 bits per heavy atom. The molecule has 2 aliphatic carbocycles. The van der Waals surface area contributed by atoms with Gasteiger partial charge in [-0.15, -0.1) is 0 Å². The summed E-state index contributed by atoms with van der Waals surface area (Å²) in [6, 6.07) is 9.43. The zero-order valence-corrected chi connectivity index (χ0v) is 22.2. The third-order valence-corrected chi connectivity index (χ3v) is 7.50. The molecule has 0 atom stereocenters. The number of thiocarbonyl (C=S) groups is 1. The number of nitrogens with one attached hydrogen (secondary N) is 2. The van der Waals surface area contributed by atoms with Crippen molar-refractivity contribution in [2.24, 2.45) is 5.10 Å². The highest BCUT2D eigenvalue weighted by molar-refractivity contribution is 7.80. The molecule has 35 heavy (non-hydrogen) atoms. The van der Waals surface area contributed by atoms with Crippen LogP contribution in [0.1, 0.15) is 64.4 Å². The lowest BCUT2D eigenvalue weighted by Crippen LogP contribution is -2.40. The number of hydrogen-bond acceptors (Lipinski definition) is 5. The molecule has 0 bridgehead atoms. The standard InChI is InChI=1S/C28H41N5OS/c1-3-32(4-2)26-14-10-22(11-15-26)20-23-12-13-24(27(23)33-16-18-34-19-17-33)21-29-31-28(35)30-25-8-6-5-7-9-25/h10-11,14-15,20-21,25H,3-9,12-13,16-19H2,1-2H3,(H2,30,31,35)/b23-20+,29-21+. The van der Waals surface area contributed by atoms with Crippen molar-refractivity contribution in [1.82, 2.24) is 15.6 Å². The Kier molecular flexibility index (Phi) is 9.60. The van der Waals surface area contributed by atoms with E-state index in [9.17, 15) is 0 Å². The van der Waals surface area contributed by atoms with Gasteiger partial charge in [0.05, 0.1) is 19.4 Å². The number of morpholine rings is 1. The SMILES string of the molecule is CCN(CC)c1ccc(/C=C2\CCC(/C=N/NC(=S)NC3CCCCC3)=C2N2CCOCC2)cc1. The van der Waals surface area contributed by atoms with Crippen LogP contribution in [0.15, 0.2) is 46.2 Å². The van der Waals surface area contributed by atoms with Crippen LogP contribution < -0.4 is 15.6 Å². The van der Waals surface area contributed by atoms with Gasteiger partial charge in [-0.1, -0.05) is 31.4 Å². The second-order valence-electron chi connectivity index (χ2n) is 9.59. The molecular weight excluding hydrogens is 454 g/mol. The van der Waals surface area contributed by atoms with Gasteiger partial charge in [-0.25, -0.2) is 0 Å². The van der Waals surface area contributed by atoms with Crippen molar-refractivity contribution in [3.05, 3.63) is 46.7 Å². The molecule has 1 aliphatic heterocycles. The van der Waals surface area contributed by atoms with E-state index in [1.165, 1.54) is 60.2 Å². The molecule has 1 aromatic rings. The Balaban J connectivity index is 1.48. The zero-order chi connectivity index (χ0) is 24.5. The first-order valence-corrected chi connectivity index (χ1v) is 13.8. The molecule has 1 saturated heterocycles. The van der Waals surface area contributed by atoms with Crippen LogP contribution in [0, 0.1) is 0 Å². The van der Waals surface area contributed by atoms with Gasteiger partial charge >= 0.3 is 0 Å². The van der Waals surface area contributed by atoms with Gasteiger partial charge in [0.2, 0.25) is 0 Å². The van der Waals surface area contributed by atoms with Crippen molar-refractivity contribution < 1.29 is 4.74 Å². The first-order chi connectivity index (χ1) is 17.2. The summed E-state index contributed by atoms with van der Waals surface area (Å²) in [5, 5.41) is 8.59. The monoisotopic (exact) mass is 495 g/mol. The maximum Gasteiger partial charge on any atom is 0.187 e. The van der Waals surface area contributed by atoms with Gasteiger partial charge in [-0.3, -0.25) is 5.43 Å². The minimum Gasteiger partial charge on any atom is -0.378 e. The van der Waals surface area contributed by atoms with E-state index in [0.29, 0.717) is 11.2 Å². The van der Waals surface area contributed by atoms with Gasteiger partial charge in [-0.05, 0) is 86.7 Å². The topological polar surface area (TPSA) is 52.1 Å². The predicted molar refractivity (Wildman–Crippen MR) is 151 cm³/mol. The first kappa shape index (κ1) is 25.7. The Bertz CT molecular complexity index is 923. The van der Waals surface area contributed by atoms with E-state index in [1.54, 1.807) is 0 Å². The average Bonchev–Trinajstić information content (AvgIpc) is 3.29. The number of nitrogens with zero attached hydrogens (tertiary/aromatic N) is 3. The van der Waals surface area contributed by atoms with E-state index in [2.05, 4.69) is 69.8 Å². The summed E-state index contributed by atoms with van der Waals surface area (Å²) < 4.78 is 5.63. The Labute approximate surface area is 216 Å². The highest BCUT2D eigenvalue weighted by atomic mass is 32.1. The second-order valence-corrected chi connectivity index (χ2v) is 9.99. The maximum absolute atomic E-state index is 5.63. The fourth-order valence-corrected chi connectivity index (χ4v) is 5.60. The maximum atomic E-state index is 5.63. The molecular formula is C28H41N5OS. The van der Waals surface area contributed by atoms with E-state index in [-0.39, 0.29) is 0 Å². The Morgan fingerprint density at radius 1 is 1.09 bits per heavy atom. The summed E-state index contributed by atoms with van der Waals surface area (Å²) in [7, 11) is 0. The summed E-state index contributed by atoms with van der Waals surface area (Å²) in [5.74, 6) is 0. The fraction of sp³-hybridized carbons (Fsp3) is 0.571. The highest BCUT2D eigenvalue weighted by Gasteiger charge is 2.25. The Morgan fingerprint density at radius 3 is 2.49 bits per heavy atom. The number of hydrazone groups is 1. The van der Waals surface area contributed by atoms with Crippen LogP contribution in [0.4, 0.5) is 5.69 Å². The molecule has 3 aliphatic rings. The molecule has 2 fully saturated rings. The third-order valence-electron chi connectivity index (χ3n) is 7.29. The second kappa shape index (κ2) is 13.1. The summed E-state index contributed by atoms with van der Waals surface area (Å²) in [6.45, 7) is 9.83. The van der Waals surface area contributed by atoms with Crippen molar-refractivity contribution in [1.29, 1.82) is 0 Å². The number of rotatable bonds is 8. The van der Waals surface area contributed by atoms with Gasteiger partial charge in [0.25, 0.3) is 0 Å². The van der Waals surface area contributed by atoms with Crippen molar-refractivity contribution in [2.75, 3.05) is 44.3 Å². The van der Waals surface area contributed by atoms with E-state index in [4.69, 9.17) is 17.0 Å². The quantitative estimate of drug-likeness (QED) is 0.298. The molecule has 0 aromatic heterocycles. The molecule has 6 nitrogen and oxygen atoms in total. The number of anilines is 1. The van der Waals surface area contributed by atoms with Crippen molar-refractivity contribution in [2.45, 2.75) is 64.8 Å². The van der Waals surface area contributed by atoms with Crippen molar-refractivity contribution >= 4 is 35.3 Å². The summed E-state index contributed by atoms with van der Waals surface area (Å²) in [6.07, 6.45) is 12.6. The first-order valence-electron chi connectivity index (χ1n) is 13.4. The van der Waals surface area contributed by atoms with Crippen LogP contribution in [0.3, 0.4) is 0 Å². The Hall–Kier alpha value is -2.38. The molecule has 190 valence electrons. The minimum atomic E-state index is 0.483. The van der Waals surface area contributed by atoms with E-state index >= 15 is 0 Å². The van der Waals surface area contributed by atoms with Gasteiger partial charge in [0, 0.05) is 43.6 Å². The van der Waals surface area contributed by atoms with Crippen molar-refractivity contribution in [3.8, 4) is 0 Å². The minimum absolute atomic E-state index is 0.483. The smallest absolute Gasteiger partial charge is 0.187 e. The summed E-state index contributed by atoms with van der Waals surface area (Å²) >= 11 is 5.49. The third kappa shape index (κ3) is 7.07. The largest absolute Gasteiger partial charge is 0.378 e. The van der Waals surface area contributed by atoms with Crippen molar-refractivity contribution in [3.63, 3.8) is 0 Å². The van der Waals surface area contributed by atoms with E-state index < -0.39 is 0 Å². The molecule has 1 heterocycles. The number of allylic oxidation sites excluding steroid dienone is 2. The molecule has 0 spiro atoms. The van der Waals surface area contributed by atoms with Crippen LogP contribution in [-0.2, 0) is 4.74 Å². The molecule has 2 N–H and O–H groups in total. The van der Waals surface area contributed by atoms with Gasteiger partial charge in [0.1, 0.15) is 0 Å². The van der Waals surface area contributed by atoms with Gasteiger partial charge in [0.15, 0.2) is 5.11 Å². The molecule has 0 radical (unpaired) electrons.